The van der Waals surface area contributed by atoms with Gasteiger partial charge in [0, 0.05) is 5.92 Å². The molecule has 1 heterocycles. The highest BCUT2D eigenvalue weighted by Gasteiger charge is 2.42. The molecular weight excluding hydrogens is 334 g/mol. The molecule has 0 unspecified atom stereocenters. The predicted octanol–water partition coefficient (Wildman–Crippen LogP) is 2.77. The molecule has 2 aromatic rings. The van der Waals surface area contributed by atoms with E-state index in [9.17, 15) is 14.7 Å². The summed E-state index contributed by atoms with van der Waals surface area (Å²) in [5.74, 6) is 0.330. The van der Waals surface area contributed by atoms with E-state index in [0.29, 0.717) is 23.2 Å². The monoisotopic (exact) mass is 355 g/mol. The van der Waals surface area contributed by atoms with Crippen molar-refractivity contribution in [2.45, 2.75) is 56.4 Å². The van der Waals surface area contributed by atoms with Crippen LogP contribution in [0, 0.1) is 0 Å². The van der Waals surface area contributed by atoms with E-state index >= 15 is 0 Å². The number of nitrogens with one attached hydrogen (secondary N) is 1. The lowest BCUT2D eigenvalue weighted by Crippen LogP contribution is -2.45. The SMILES string of the molecule is O=C(Cc1ccccc1C(=O)O)NC1(c2noc(C3CC3)n2)CCCC1. The maximum Gasteiger partial charge on any atom is 0.335 e. The van der Waals surface area contributed by atoms with E-state index in [-0.39, 0.29) is 17.9 Å². The minimum absolute atomic E-state index is 0.0115. The molecule has 1 aromatic carbocycles. The quantitative estimate of drug-likeness (QED) is 0.825. The maximum atomic E-state index is 12.7. The molecule has 1 amide bonds. The van der Waals surface area contributed by atoms with Crippen molar-refractivity contribution in [3.63, 3.8) is 0 Å². The fourth-order valence-electron chi connectivity index (χ4n) is 3.68. The molecule has 7 heteroatoms. The van der Waals surface area contributed by atoms with E-state index in [4.69, 9.17) is 4.52 Å². The van der Waals surface area contributed by atoms with Crippen LogP contribution in [0.4, 0.5) is 0 Å². The number of hydrogen-bond donors (Lipinski definition) is 2. The highest BCUT2D eigenvalue weighted by atomic mass is 16.5. The molecule has 0 bridgehead atoms. The van der Waals surface area contributed by atoms with Crippen molar-refractivity contribution in [2.75, 3.05) is 0 Å². The minimum Gasteiger partial charge on any atom is -0.478 e. The first kappa shape index (κ1) is 16.8. The fourth-order valence-corrected chi connectivity index (χ4v) is 3.68. The van der Waals surface area contributed by atoms with Gasteiger partial charge in [0.15, 0.2) is 5.82 Å². The van der Waals surface area contributed by atoms with Crippen molar-refractivity contribution in [1.29, 1.82) is 0 Å². The zero-order valence-corrected chi connectivity index (χ0v) is 14.4. The Balaban J connectivity index is 1.53. The van der Waals surface area contributed by atoms with Gasteiger partial charge in [-0.25, -0.2) is 4.79 Å². The van der Waals surface area contributed by atoms with Crippen molar-refractivity contribution >= 4 is 11.9 Å². The van der Waals surface area contributed by atoms with Gasteiger partial charge in [-0.15, -0.1) is 0 Å². The van der Waals surface area contributed by atoms with Crippen LogP contribution in [0.5, 0.6) is 0 Å². The lowest BCUT2D eigenvalue weighted by atomic mass is 9.95. The molecule has 0 spiro atoms. The summed E-state index contributed by atoms with van der Waals surface area (Å²) in [6.07, 6.45) is 5.67. The molecule has 1 aromatic heterocycles. The number of carboxylic acids is 1. The lowest BCUT2D eigenvalue weighted by Gasteiger charge is -2.27. The second kappa shape index (κ2) is 6.55. The van der Waals surface area contributed by atoms with Gasteiger partial charge < -0.3 is 14.9 Å². The summed E-state index contributed by atoms with van der Waals surface area (Å²) in [5, 5.41) is 16.5. The Morgan fingerprint density at radius 1 is 1.23 bits per heavy atom. The first-order valence-corrected chi connectivity index (χ1v) is 9.04. The van der Waals surface area contributed by atoms with Crippen LogP contribution in [0.25, 0.3) is 0 Å². The first-order chi connectivity index (χ1) is 12.6. The Bertz CT molecular complexity index is 835. The number of rotatable bonds is 6. The molecule has 2 N–H and O–H groups in total. The average molecular weight is 355 g/mol. The van der Waals surface area contributed by atoms with Gasteiger partial charge in [-0.3, -0.25) is 4.79 Å². The Morgan fingerprint density at radius 2 is 1.96 bits per heavy atom. The van der Waals surface area contributed by atoms with Crippen LogP contribution >= 0.6 is 0 Å². The van der Waals surface area contributed by atoms with E-state index in [0.717, 1.165) is 38.5 Å². The van der Waals surface area contributed by atoms with Crippen LogP contribution < -0.4 is 5.32 Å². The Morgan fingerprint density at radius 3 is 2.65 bits per heavy atom. The third-order valence-electron chi connectivity index (χ3n) is 5.23. The summed E-state index contributed by atoms with van der Waals surface area (Å²) in [7, 11) is 0. The normalized spacial score (nSPS) is 18.6. The number of amides is 1. The second-order valence-corrected chi connectivity index (χ2v) is 7.21. The number of aromatic nitrogens is 2. The number of carboxylic acid groups (broad SMARTS) is 1. The van der Waals surface area contributed by atoms with E-state index < -0.39 is 11.5 Å². The number of nitrogens with zero attached hydrogens (tertiary/aromatic N) is 2. The average Bonchev–Trinajstić information content (AvgIpc) is 3.15. The number of hydrogen-bond acceptors (Lipinski definition) is 5. The molecule has 2 aliphatic rings. The van der Waals surface area contributed by atoms with Crippen LogP contribution in [0.2, 0.25) is 0 Å². The number of aromatic carboxylic acids is 1. The summed E-state index contributed by atoms with van der Waals surface area (Å²) >= 11 is 0. The van der Waals surface area contributed by atoms with Gasteiger partial charge >= 0.3 is 5.97 Å². The number of carbonyl (C=O) groups is 2. The highest BCUT2D eigenvalue weighted by Crippen LogP contribution is 2.42. The summed E-state index contributed by atoms with van der Waals surface area (Å²) in [6.45, 7) is 0. The summed E-state index contributed by atoms with van der Waals surface area (Å²) in [4.78, 5) is 28.6. The van der Waals surface area contributed by atoms with E-state index in [1.54, 1.807) is 18.2 Å². The van der Waals surface area contributed by atoms with E-state index in [1.165, 1.54) is 6.07 Å². The van der Waals surface area contributed by atoms with Gasteiger partial charge in [0.25, 0.3) is 0 Å². The largest absolute Gasteiger partial charge is 0.478 e. The first-order valence-electron chi connectivity index (χ1n) is 9.04. The molecule has 0 radical (unpaired) electrons. The molecule has 136 valence electrons. The van der Waals surface area contributed by atoms with Gasteiger partial charge in [0.05, 0.1) is 12.0 Å². The topological polar surface area (TPSA) is 105 Å². The van der Waals surface area contributed by atoms with Gasteiger partial charge in [-0.1, -0.05) is 36.2 Å². The van der Waals surface area contributed by atoms with Crippen molar-refractivity contribution in [3.8, 4) is 0 Å². The molecular formula is C19H21N3O4. The maximum absolute atomic E-state index is 12.7. The molecule has 0 aliphatic heterocycles. The fraction of sp³-hybridized carbons (Fsp3) is 0.474. The second-order valence-electron chi connectivity index (χ2n) is 7.21. The van der Waals surface area contributed by atoms with Gasteiger partial charge in [0.1, 0.15) is 5.54 Å². The smallest absolute Gasteiger partial charge is 0.335 e. The van der Waals surface area contributed by atoms with Crippen LogP contribution in [0.1, 0.15) is 72.1 Å². The molecule has 2 aliphatic carbocycles. The van der Waals surface area contributed by atoms with Crippen LogP contribution in [0.3, 0.4) is 0 Å². The third-order valence-corrected chi connectivity index (χ3v) is 5.23. The molecule has 0 atom stereocenters. The van der Waals surface area contributed by atoms with Gasteiger partial charge in [-0.2, -0.15) is 4.98 Å². The van der Waals surface area contributed by atoms with Crippen LogP contribution in [-0.4, -0.2) is 27.1 Å². The highest BCUT2D eigenvalue weighted by molar-refractivity contribution is 5.91. The standard InChI is InChI=1S/C19H21N3O4/c23-15(11-13-5-1-2-6-14(13)17(24)25)21-19(9-3-4-10-19)18-20-16(26-22-18)12-7-8-12/h1-2,5-6,12H,3-4,7-11H2,(H,21,23)(H,24,25). The summed E-state index contributed by atoms with van der Waals surface area (Å²) < 4.78 is 5.39. The van der Waals surface area contributed by atoms with Gasteiger partial charge in [0.2, 0.25) is 11.8 Å². The Labute approximate surface area is 150 Å². The number of carbonyl (C=O) groups excluding carboxylic acids is 1. The molecule has 7 nitrogen and oxygen atoms in total. The van der Waals surface area contributed by atoms with Crippen molar-refractivity contribution in [2.24, 2.45) is 0 Å². The molecule has 2 saturated carbocycles. The number of benzene rings is 1. The Hall–Kier alpha value is -2.70. The third kappa shape index (κ3) is 3.21. The van der Waals surface area contributed by atoms with E-state index in [2.05, 4.69) is 15.5 Å². The summed E-state index contributed by atoms with van der Waals surface area (Å²) in [5.41, 5.74) is 0.0439. The van der Waals surface area contributed by atoms with Crippen LogP contribution in [-0.2, 0) is 16.8 Å². The predicted molar refractivity (Wildman–Crippen MR) is 91.7 cm³/mol. The van der Waals surface area contributed by atoms with Crippen molar-refractivity contribution in [3.05, 3.63) is 47.1 Å². The zero-order chi connectivity index (χ0) is 18.1. The van der Waals surface area contributed by atoms with E-state index in [1.807, 2.05) is 0 Å². The minimum atomic E-state index is -1.03. The lowest BCUT2D eigenvalue weighted by molar-refractivity contribution is -0.122. The summed E-state index contributed by atoms with van der Waals surface area (Å²) in [6, 6.07) is 6.57. The van der Waals surface area contributed by atoms with Crippen LogP contribution in [0.15, 0.2) is 28.8 Å². The zero-order valence-electron chi connectivity index (χ0n) is 14.4. The Kier molecular flexibility index (Phi) is 4.22. The molecule has 0 saturated heterocycles. The molecule has 4 rings (SSSR count). The van der Waals surface area contributed by atoms with Crippen molar-refractivity contribution < 1.29 is 19.2 Å². The van der Waals surface area contributed by atoms with Crippen molar-refractivity contribution in [1.82, 2.24) is 15.5 Å². The molecule has 26 heavy (non-hydrogen) atoms. The molecule has 2 fully saturated rings. The van der Waals surface area contributed by atoms with Gasteiger partial charge in [-0.05, 0) is 37.3 Å².